The zero-order chi connectivity index (χ0) is 6.15. The van der Waals surface area contributed by atoms with Gasteiger partial charge < -0.3 is 0 Å². The van der Waals surface area contributed by atoms with Gasteiger partial charge in [-0.3, -0.25) is 0 Å². The number of carbonyl (C=O) groups excluding carboxylic acids is 2. The maximum atomic E-state index is 10.5. The SMILES string of the molecule is O=C1CCC(=O)[N]1[Sn]. The Morgan fingerprint density at radius 2 is 1.62 bits per heavy atom. The second-order valence-electron chi connectivity index (χ2n) is 1.62. The Kier molecular flexibility index (Phi) is 1.55. The molecule has 1 aliphatic heterocycles. The van der Waals surface area contributed by atoms with Crippen LogP contribution < -0.4 is 0 Å². The van der Waals surface area contributed by atoms with Crippen LogP contribution in [0.4, 0.5) is 0 Å². The Morgan fingerprint density at radius 1 is 1.25 bits per heavy atom. The first-order valence-corrected chi connectivity index (χ1v) is 3.56. The average Bonchev–Trinajstić information content (AvgIpc) is 1.98. The van der Waals surface area contributed by atoms with Gasteiger partial charge in [-0.05, 0) is 0 Å². The fourth-order valence-corrected chi connectivity index (χ4v) is 1.21. The number of nitrogens with zero attached hydrogens (tertiary/aromatic N) is 1. The van der Waals surface area contributed by atoms with Gasteiger partial charge >= 0.3 is 60.2 Å². The summed E-state index contributed by atoms with van der Waals surface area (Å²) in [7, 11) is 0. The van der Waals surface area contributed by atoms with Gasteiger partial charge in [0.05, 0.1) is 0 Å². The molecule has 1 heterocycles. The van der Waals surface area contributed by atoms with Gasteiger partial charge in [0.2, 0.25) is 0 Å². The zero-order valence-corrected chi connectivity index (χ0v) is 7.03. The third-order valence-corrected chi connectivity index (χ3v) is 2.48. The van der Waals surface area contributed by atoms with E-state index in [0.29, 0.717) is 12.8 Å². The van der Waals surface area contributed by atoms with Crippen LogP contribution in [0, 0.1) is 0 Å². The molecule has 0 aromatic heterocycles. The van der Waals surface area contributed by atoms with Crippen LogP contribution in [-0.4, -0.2) is 37.7 Å². The number of amides is 2. The number of rotatable bonds is 0. The molecule has 0 aromatic carbocycles. The van der Waals surface area contributed by atoms with Crippen LogP contribution in [0.5, 0.6) is 0 Å². The van der Waals surface area contributed by atoms with Crippen LogP contribution in [0.1, 0.15) is 12.8 Å². The van der Waals surface area contributed by atoms with E-state index in [-0.39, 0.29) is 11.8 Å². The Bertz CT molecular complexity index is 129. The first kappa shape index (κ1) is 6.06. The molecule has 8 heavy (non-hydrogen) atoms. The summed E-state index contributed by atoms with van der Waals surface area (Å²) in [6.45, 7) is 0. The third kappa shape index (κ3) is 0.865. The predicted octanol–water partition coefficient (Wildman–Crippen LogP) is -0.781. The summed E-state index contributed by atoms with van der Waals surface area (Å²) >= 11 is 0.892. The molecule has 0 bridgehead atoms. The van der Waals surface area contributed by atoms with E-state index in [9.17, 15) is 9.59 Å². The topological polar surface area (TPSA) is 37.4 Å². The van der Waals surface area contributed by atoms with Crippen molar-refractivity contribution in [1.29, 1.82) is 0 Å². The van der Waals surface area contributed by atoms with E-state index in [1.54, 1.807) is 0 Å². The summed E-state index contributed by atoms with van der Waals surface area (Å²) in [4.78, 5) is 21.0. The van der Waals surface area contributed by atoms with E-state index in [0.717, 1.165) is 22.8 Å². The maximum absolute atomic E-state index is 10.5. The summed E-state index contributed by atoms with van der Waals surface area (Å²) in [5, 5.41) is 0. The van der Waals surface area contributed by atoms with Gasteiger partial charge in [-0.1, -0.05) is 0 Å². The van der Waals surface area contributed by atoms with Crippen molar-refractivity contribution in [2.45, 2.75) is 12.8 Å². The molecule has 1 rings (SSSR count). The monoisotopic (exact) mass is 218 g/mol. The minimum absolute atomic E-state index is 0.0202. The predicted molar refractivity (Wildman–Crippen MR) is 26.8 cm³/mol. The average molecular weight is 217 g/mol. The second-order valence-corrected chi connectivity index (χ2v) is 2.90. The Hall–Kier alpha value is -0.0613. The summed E-state index contributed by atoms with van der Waals surface area (Å²) in [6, 6.07) is 0. The van der Waals surface area contributed by atoms with Crippen molar-refractivity contribution in [2.75, 3.05) is 0 Å². The molecular weight excluding hydrogens is 213 g/mol. The van der Waals surface area contributed by atoms with Gasteiger partial charge in [-0.2, -0.15) is 0 Å². The minimum atomic E-state index is -0.0202. The van der Waals surface area contributed by atoms with E-state index in [2.05, 4.69) is 0 Å². The van der Waals surface area contributed by atoms with Crippen molar-refractivity contribution in [3.63, 3.8) is 0 Å². The standard InChI is InChI=1S/C4H5NO2.Sn/c6-3-1-2-4(7)5-3;/h1-2H2,(H,5,6,7);/q;+1/p-1. The molecular formula is C4H4NO2Sn. The first-order chi connectivity index (χ1) is 3.72. The molecule has 0 atom stereocenters. The number of carbonyl (C=O) groups is 2. The van der Waals surface area contributed by atoms with Crippen molar-refractivity contribution in [2.24, 2.45) is 0 Å². The fourth-order valence-electron chi connectivity index (χ4n) is 0.577. The van der Waals surface area contributed by atoms with E-state index in [4.69, 9.17) is 0 Å². The summed E-state index contributed by atoms with van der Waals surface area (Å²) in [5.74, 6) is -0.0404. The molecule has 41 valence electrons. The fraction of sp³-hybridized carbons (Fsp3) is 0.500. The molecule has 3 nitrogen and oxygen atoms in total. The molecule has 0 aromatic rings. The summed E-state index contributed by atoms with van der Waals surface area (Å²) in [6.07, 6.45) is 0.841. The van der Waals surface area contributed by atoms with E-state index >= 15 is 0 Å². The van der Waals surface area contributed by atoms with Crippen LogP contribution in [0.15, 0.2) is 0 Å². The molecule has 2 amide bonds. The molecule has 0 aliphatic carbocycles. The van der Waals surface area contributed by atoms with Gasteiger partial charge in [0.25, 0.3) is 0 Å². The van der Waals surface area contributed by atoms with Gasteiger partial charge in [0.1, 0.15) is 0 Å². The van der Waals surface area contributed by atoms with Crippen LogP contribution in [0.2, 0.25) is 0 Å². The van der Waals surface area contributed by atoms with E-state index in [1.807, 2.05) is 0 Å². The Morgan fingerprint density at radius 3 is 1.75 bits per heavy atom. The van der Waals surface area contributed by atoms with Gasteiger partial charge in [-0.15, -0.1) is 0 Å². The van der Waals surface area contributed by atoms with Crippen LogP contribution in [-0.2, 0) is 9.59 Å². The van der Waals surface area contributed by atoms with Gasteiger partial charge in [-0.25, -0.2) is 0 Å². The van der Waals surface area contributed by atoms with E-state index < -0.39 is 0 Å². The summed E-state index contributed by atoms with van der Waals surface area (Å²) in [5.41, 5.74) is 0. The van der Waals surface area contributed by atoms with Crippen molar-refractivity contribution >= 4 is 34.6 Å². The Balaban J connectivity index is 2.70. The van der Waals surface area contributed by atoms with Crippen molar-refractivity contribution in [1.82, 2.24) is 3.12 Å². The molecule has 4 heteroatoms. The molecule has 1 saturated heterocycles. The van der Waals surface area contributed by atoms with Crippen LogP contribution >= 0.6 is 0 Å². The number of hydrogen-bond donors (Lipinski definition) is 0. The first-order valence-electron chi connectivity index (χ1n) is 2.29. The molecule has 0 unspecified atom stereocenters. The summed E-state index contributed by atoms with van der Waals surface area (Å²) < 4.78 is 1.26. The Labute approximate surface area is 60.5 Å². The third-order valence-electron chi connectivity index (χ3n) is 1.05. The quantitative estimate of drug-likeness (QED) is 0.394. The normalized spacial score (nSPS) is 20.4. The van der Waals surface area contributed by atoms with Gasteiger partial charge in [0, 0.05) is 0 Å². The zero-order valence-electron chi connectivity index (χ0n) is 4.18. The van der Waals surface area contributed by atoms with Gasteiger partial charge in [0.15, 0.2) is 0 Å². The van der Waals surface area contributed by atoms with Crippen LogP contribution in [0.3, 0.4) is 0 Å². The van der Waals surface area contributed by atoms with Crippen LogP contribution in [0.25, 0.3) is 0 Å². The molecule has 0 spiro atoms. The van der Waals surface area contributed by atoms with Crippen molar-refractivity contribution in [3.05, 3.63) is 0 Å². The van der Waals surface area contributed by atoms with Crippen molar-refractivity contribution in [3.8, 4) is 0 Å². The van der Waals surface area contributed by atoms with Crippen molar-refractivity contribution < 1.29 is 9.59 Å². The number of hydrogen-bond acceptors (Lipinski definition) is 2. The molecule has 1 aliphatic rings. The molecule has 0 saturated carbocycles. The number of imide groups is 1. The molecule has 0 N–H and O–H groups in total. The molecule has 1 fully saturated rings. The van der Waals surface area contributed by atoms with E-state index in [1.165, 1.54) is 3.12 Å². The second kappa shape index (κ2) is 2.05. The molecule has 3 radical (unpaired) electrons.